The van der Waals surface area contributed by atoms with Crippen molar-refractivity contribution in [2.24, 2.45) is 0 Å². The van der Waals surface area contributed by atoms with Gasteiger partial charge in [-0.15, -0.1) is 0 Å². The fraction of sp³-hybridized carbons (Fsp3) is 0.130. The summed E-state index contributed by atoms with van der Waals surface area (Å²) in [6.45, 7) is 2.72. The molecule has 1 nitrogen and oxygen atoms in total. The molecule has 126 valence electrons. The number of allylic oxidation sites excluding steroid dienone is 1. The molecule has 3 aromatic rings. The predicted molar refractivity (Wildman–Crippen MR) is 106 cm³/mol. The summed E-state index contributed by atoms with van der Waals surface area (Å²) in [4.78, 5) is 0. The summed E-state index contributed by atoms with van der Waals surface area (Å²) >= 11 is 6.44. The highest BCUT2D eigenvalue weighted by Gasteiger charge is 2.06. The molecule has 0 radical (unpaired) electrons. The number of ether oxygens (including phenoxy) is 1. The molecule has 0 N–H and O–H groups in total. The maximum atomic E-state index is 6.44. The molecule has 0 saturated carbocycles. The third kappa shape index (κ3) is 4.98. The first-order valence-electron chi connectivity index (χ1n) is 8.42. The normalized spacial score (nSPS) is 12.6. The van der Waals surface area contributed by atoms with E-state index in [4.69, 9.17) is 16.3 Å². The fourth-order valence-corrected chi connectivity index (χ4v) is 2.93. The van der Waals surface area contributed by atoms with E-state index in [1.54, 1.807) is 0 Å². The molecule has 1 atom stereocenters. The van der Waals surface area contributed by atoms with Gasteiger partial charge >= 0.3 is 0 Å². The lowest BCUT2D eigenvalue weighted by molar-refractivity contribution is 0.306. The molecule has 1 unspecified atom stereocenters. The van der Waals surface area contributed by atoms with Crippen molar-refractivity contribution in [2.45, 2.75) is 19.4 Å². The van der Waals surface area contributed by atoms with Gasteiger partial charge in [-0.2, -0.15) is 0 Å². The van der Waals surface area contributed by atoms with Crippen molar-refractivity contribution < 1.29 is 4.74 Å². The predicted octanol–water partition coefficient (Wildman–Crippen LogP) is 6.65. The van der Waals surface area contributed by atoms with Gasteiger partial charge < -0.3 is 4.74 Å². The minimum Gasteiger partial charge on any atom is -0.489 e. The van der Waals surface area contributed by atoms with Crippen molar-refractivity contribution in [2.75, 3.05) is 0 Å². The van der Waals surface area contributed by atoms with Crippen LogP contribution in [0.2, 0.25) is 0 Å². The Morgan fingerprint density at radius 2 is 1.48 bits per heavy atom. The summed E-state index contributed by atoms with van der Waals surface area (Å²) in [6.07, 6.45) is 2.08. The van der Waals surface area contributed by atoms with Gasteiger partial charge in [0.15, 0.2) is 0 Å². The van der Waals surface area contributed by atoms with Crippen LogP contribution < -0.4 is 4.74 Å². The van der Waals surface area contributed by atoms with Crippen LogP contribution in [0.15, 0.2) is 91.0 Å². The smallest absolute Gasteiger partial charge is 0.119 e. The highest BCUT2D eigenvalue weighted by molar-refractivity contribution is 6.48. The topological polar surface area (TPSA) is 9.23 Å². The molecule has 0 saturated heterocycles. The number of halogens is 1. The first-order chi connectivity index (χ1) is 12.2. The van der Waals surface area contributed by atoms with Crippen molar-refractivity contribution in [3.8, 4) is 5.75 Å². The first-order valence-corrected chi connectivity index (χ1v) is 8.79. The SMILES string of the molecule is CC(/C=C(/Cl)c1ccccc1)c1ccc(OCc2ccccc2)cc1. The summed E-state index contributed by atoms with van der Waals surface area (Å²) in [6, 6.07) is 28.4. The third-order valence-electron chi connectivity index (χ3n) is 4.10. The monoisotopic (exact) mass is 348 g/mol. The molecule has 0 spiro atoms. The van der Waals surface area contributed by atoms with E-state index in [1.807, 2.05) is 60.7 Å². The molecular formula is C23H21ClO. The van der Waals surface area contributed by atoms with Crippen LogP contribution in [0.5, 0.6) is 5.75 Å². The molecule has 2 heteroatoms. The van der Waals surface area contributed by atoms with Gasteiger partial charge in [-0.1, -0.05) is 97.4 Å². The van der Waals surface area contributed by atoms with Crippen LogP contribution in [0, 0.1) is 0 Å². The summed E-state index contributed by atoms with van der Waals surface area (Å²) in [5, 5.41) is 0.775. The van der Waals surface area contributed by atoms with E-state index < -0.39 is 0 Å². The van der Waals surface area contributed by atoms with Crippen LogP contribution in [0.25, 0.3) is 5.03 Å². The second-order valence-electron chi connectivity index (χ2n) is 6.01. The van der Waals surface area contributed by atoms with Gasteiger partial charge in [-0.05, 0) is 28.8 Å². The van der Waals surface area contributed by atoms with E-state index in [0.717, 1.165) is 21.9 Å². The van der Waals surface area contributed by atoms with Crippen LogP contribution in [0.4, 0.5) is 0 Å². The lowest BCUT2D eigenvalue weighted by Crippen LogP contribution is -1.96. The lowest BCUT2D eigenvalue weighted by atomic mass is 9.99. The van der Waals surface area contributed by atoms with E-state index in [-0.39, 0.29) is 5.92 Å². The summed E-state index contributed by atoms with van der Waals surface area (Å²) < 4.78 is 5.84. The molecule has 0 amide bonds. The van der Waals surface area contributed by atoms with E-state index >= 15 is 0 Å². The Hall–Kier alpha value is -2.51. The van der Waals surface area contributed by atoms with Gasteiger partial charge in [0.1, 0.15) is 12.4 Å². The first kappa shape index (κ1) is 17.3. The highest BCUT2D eigenvalue weighted by Crippen LogP contribution is 2.27. The van der Waals surface area contributed by atoms with Gasteiger partial charge in [0.25, 0.3) is 0 Å². The number of hydrogen-bond acceptors (Lipinski definition) is 1. The van der Waals surface area contributed by atoms with Crippen molar-refractivity contribution in [3.63, 3.8) is 0 Å². The number of benzene rings is 3. The van der Waals surface area contributed by atoms with E-state index in [0.29, 0.717) is 6.61 Å². The largest absolute Gasteiger partial charge is 0.489 e. The molecule has 0 bridgehead atoms. The summed E-state index contributed by atoms with van der Waals surface area (Å²) in [7, 11) is 0. The van der Waals surface area contributed by atoms with Crippen molar-refractivity contribution in [1.29, 1.82) is 0 Å². The maximum absolute atomic E-state index is 6.44. The molecule has 0 aromatic heterocycles. The summed E-state index contributed by atoms with van der Waals surface area (Å²) in [5.41, 5.74) is 3.41. The maximum Gasteiger partial charge on any atom is 0.119 e. The Morgan fingerprint density at radius 1 is 0.880 bits per heavy atom. The molecule has 0 heterocycles. The second kappa shape index (κ2) is 8.55. The van der Waals surface area contributed by atoms with Gasteiger partial charge in [0.2, 0.25) is 0 Å². The van der Waals surface area contributed by atoms with Crippen molar-refractivity contribution in [1.82, 2.24) is 0 Å². The van der Waals surface area contributed by atoms with Crippen LogP contribution in [0.3, 0.4) is 0 Å². The van der Waals surface area contributed by atoms with Crippen LogP contribution in [0.1, 0.15) is 29.5 Å². The zero-order valence-corrected chi connectivity index (χ0v) is 15.0. The van der Waals surface area contributed by atoms with Crippen LogP contribution in [-0.4, -0.2) is 0 Å². The zero-order chi connectivity index (χ0) is 17.5. The van der Waals surface area contributed by atoms with Gasteiger partial charge in [0.05, 0.1) is 0 Å². The minimum absolute atomic E-state index is 0.232. The minimum atomic E-state index is 0.232. The molecule has 0 aliphatic carbocycles. The Morgan fingerprint density at radius 3 is 2.12 bits per heavy atom. The van der Waals surface area contributed by atoms with E-state index in [9.17, 15) is 0 Å². The molecule has 3 aromatic carbocycles. The molecular weight excluding hydrogens is 328 g/mol. The third-order valence-corrected chi connectivity index (χ3v) is 4.44. The molecule has 25 heavy (non-hydrogen) atoms. The summed E-state index contributed by atoms with van der Waals surface area (Å²) in [5.74, 6) is 1.11. The molecule has 0 aliphatic rings. The highest BCUT2D eigenvalue weighted by atomic mass is 35.5. The van der Waals surface area contributed by atoms with Crippen molar-refractivity contribution >= 4 is 16.6 Å². The fourth-order valence-electron chi connectivity index (χ4n) is 2.62. The average Bonchev–Trinajstić information content (AvgIpc) is 2.68. The Balaban J connectivity index is 1.63. The molecule has 3 rings (SSSR count). The van der Waals surface area contributed by atoms with Gasteiger partial charge in [-0.25, -0.2) is 0 Å². The second-order valence-corrected chi connectivity index (χ2v) is 6.42. The Labute approximate surface area is 154 Å². The Bertz CT molecular complexity index is 808. The van der Waals surface area contributed by atoms with Crippen molar-refractivity contribution in [3.05, 3.63) is 108 Å². The van der Waals surface area contributed by atoms with E-state index in [1.165, 1.54) is 5.56 Å². The molecule has 0 fully saturated rings. The van der Waals surface area contributed by atoms with Gasteiger partial charge in [0, 0.05) is 11.0 Å². The number of rotatable bonds is 6. The van der Waals surface area contributed by atoms with E-state index in [2.05, 4.69) is 37.3 Å². The standard InChI is InChI=1S/C23H21ClO/c1-18(16-23(24)21-10-6-3-7-11-21)20-12-14-22(15-13-20)25-17-19-8-4-2-5-9-19/h2-16,18H,17H2,1H3/b23-16+. The Kier molecular flexibility index (Phi) is 5.92. The number of hydrogen-bond donors (Lipinski definition) is 0. The van der Waals surface area contributed by atoms with Crippen LogP contribution >= 0.6 is 11.6 Å². The quantitative estimate of drug-likeness (QED) is 0.484. The lowest BCUT2D eigenvalue weighted by Gasteiger charge is -2.11. The average molecular weight is 349 g/mol. The zero-order valence-electron chi connectivity index (χ0n) is 14.2. The van der Waals surface area contributed by atoms with Gasteiger partial charge in [-0.3, -0.25) is 0 Å². The van der Waals surface area contributed by atoms with Crippen LogP contribution in [-0.2, 0) is 6.61 Å². The molecule has 0 aliphatic heterocycles.